The lowest BCUT2D eigenvalue weighted by Gasteiger charge is -2.28. The summed E-state index contributed by atoms with van der Waals surface area (Å²) in [5, 5.41) is 0.332. The molecule has 1 unspecified atom stereocenters. The normalized spacial score (nSPS) is 21.4. The molecule has 1 amide bonds. The lowest BCUT2D eigenvalue weighted by Crippen LogP contribution is -2.51. The van der Waals surface area contributed by atoms with Gasteiger partial charge in [0.25, 0.3) is 11.5 Å². The Kier molecular flexibility index (Phi) is 9.49. The summed E-state index contributed by atoms with van der Waals surface area (Å²) in [5.41, 5.74) is 2.93. The Morgan fingerprint density at radius 3 is 2.78 bits per heavy atom. The average Bonchev–Trinajstić information content (AvgIpc) is 3.70. The van der Waals surface area contributed by atoms with Crippen LogP contribution in [0, 0.1) is 35.5 Å². The number of aryl methyl sites for hydroxylation is 1. The zero-order chi connectivity index (χ0) is 29.6. The van der Waals surface area contributed by atoms with Crippen LogP contribution in [0.4, 0.5) is 0 Å². The number of carbonyl (C=O) groups excluding carboxylic acids is 2. The number of benzene rings is 1. The van der Waals surface area contributed by atoms with E-state index >= 15 is 0 Å². The van der Waals surface area contributed by atoms with Crippen LogP contribution in [0.2, 0.25) is 0 Å². The third-order valence-corrected chi connectivity index (χ3v) is 9.35. The van der Waals surface area contributed by atoms with E-state index in [9.17, 15) is 22.8 Å². The van der Waals surface area contributed by atoms with Crippen molar-refractivity contribution in [2.45, 2.75) is 63.5 Å². The third kappa shape index (κ3) is 7.73. The predicted octanol–water partition coefficient (Wildman–Crippen LogP) is 1.72. The molecule has 2 aliphatic rings. The number of esters is 1. The number of ether oxygens (including phenoxy) is 2. The van der Waals surface area contributed by atoms with Crippen molar-refractivity contribution in [3.8, 4) is 23.7 Å². The minimum atomic E-state index is -3.88. The highest BCUT2D eigenvalue weighted by atomic mass is 32.2. The first-order valence-electron chi connectivity index (χ1n) is 13.4. The second kappa shape index (κ2) is 12.9. The molecule has 12 heteroatoms. The van der Waals surface area contributed by atoms with E-state index in [0.29, 0.717) is 36.1 Å². The van der Waals surface area contributed by atoms with Crippen molar-refractivity contribution < 1.29 is 32.3 Å². The zero-order valence-electron chi connectivity index (χ0n) is 23.3. The molecule has 1 aliphatic carbocycles. The van der Waals surface area contributed by atoms with Gasteiger partial charge in [-0.1, -0.05) is 11.8 Å². The van der Waals surface area contributed by atoms with Crippen LogP contribution >= 0.6 is 0 Å². The van der Waals surface area contributed by atoms with Crippen molar-refractivity contribution in [3.63, 3.8) is 0 Å². The van der Waals surface area contributed by atoms with Crippen LogP contribution in [0.1, 0.15) is 51.5 Å². The molecular weight excluding hydrogens is 550 g/mol. The molecular formula is C29H33N3O8S. The van der Waals surface area contributed by atoms with Crippen LogP contribution in [0.5, 0.6) is 0 Å². The molecule has 0 radical (unpaired) electrons. The van der Waals surface area contributed by atoms with Crippen molar-refractivity contribution in [1.29, 1.82) is 0 Å². The van der Waals surface area contributed by atoms with Crippen LogP contribution in [-0.4, -0.2) is 60.4 Å². The summed E-state index contributed by atoms with van der Waals surface area (Å²) in [6, 6.07) is 4.97. The summed E-state index contributed by atoms with van der Waals surface area (Å²) < 4.78 is 35.1. The fraction of sp³-hybridized carbons (Fsp3) is 0.517. The van der Waals surface area contributed by atoms with Gasteiger partial charge in [0.2, 0.25) is 0 Å². The van der Waals surface area contributed by atoms with Crippen LogP contribution in [-0.2, 0) is 40.3 Å². The molecule has 1 saturated heterocycles. The van der Waals surface area contributed by atoms with Crippen molar-refractivity contribution in [3.05, 3.63) is 40.4 Å². The maximum Gasteiger partial charge on any atom is 0.302 e. The Hall–Kier alpha value is -3.71. The number of rotatable bonds is 9. The largest absolute Gasteiger partial charge is 0.466 e. The molecule has 1 aliphatic heterocycles. The summed E-state index contributed by atoms with van der Waals surface area (Å²) in [5.74, 6) is 10.9. The van der Waals surface area contributed by atoms with Crippen LogP contribution in [0.25, 0.3) is 10.9 Å². The fourth-order valence-corrected chi connectivity index (χ4v) is 5.13. The molecule has 2 fully saturated rings. The Labute approximate surface area is 238 Å². The number of nitrogens with one attached hydrogen (secondary N) is 1. The highest BCUT2D eigenvalue weighted by molar-refractivity contribution is 7.92. The smallest absolute Gasteiger partial charge is 0.302 e. The zero-order valence-corrected chi connectivity index (χ0v) is 24.1. The fourth-order valence-electron chi connectivity index (χ4n) is 4.29. The summed E-state index contributed by atoms with van der Waals surface area (Å²) in [6.07, 6.45) is 4.74. The summed E-state index contributed by atoms with van der Waals surface area (Å²) >= 11 is 0. The van der Waals surface area contributed by atoms with Gasteiger partial charge in [-0.3, -0.25) is 19.0 Å². The number of sulfone groups is 1. The minimum absolute atomic E-state index is 0.0601. The van der Waals surface area contributed by atoms with E-state index < -0.39 is 26.8 Å². The molecule has 11 nitrogen and oxygen atoms in total. The van der Waals surface area contributed by atoms with Crippen LogP contribution < -0.4 is 11.0 Å². The van der Waals surface area contributed by atoms with E-state index in [4.69, 9.17) is 14.3 Å². The van der Waals surface area contributed by atoms with Gasteiger partial charge in [-0.05, 0) is 62.6 Å². The van der Waals surface area contributed by atoms with Gasteiger partial charge in [-0.2, -0.15) is 0 Å². The maximum absolute atomic E-state index is 13.1. The highest BCUT2D eigenvalue weighted by Gasteiger charge is 2.44. The highest BCUT2D eigenvalue weighted by Crippen LogP contribution is 2.37. The number of fused-ring (bicyclic) bond motifs is 1. The molecule has 1 saturated carbocycles. The summed E-state index contributed by atoms with van der Waals surface area (Å²) in [7, 11) is -3.88. The SMILES string of the molecule is CC(=O)OC[C@H]1C[C@@H]1C#CC#Cc1ccc2c(=O)n(CC[C@](C)(C(=O)NOC3CCCCO3)S(C)(=O)=O)cnc2c1. The lowest BCUT2D eigenvalue weighted by molar-refractivity contribution is -0.201. The molecule has 1 aromatic heterocycles. The number of aromatic nitrogens is 2. The molecule has 218 valence electrons. The first-order chi connectivity index (χ1) is 19.5. The quantitative estimate of drug-likeness (QED) is 0.265. The number of hydrogen-bond donors (Lipinski definition) is 1. The van der Waals surface area contributed by atoms with E-state index in [-0.39, 0.29) is 36.3 Å². The van der Waals surface area contributed by atoms with E-state index in [1.165, 1.54) is 24.7 Å². The van der Waals surface area contributed by atoms with E-state index in [2.05, 4.69) is 34.1 Å². The van der Waals surface area contributed by atoms with Crippen molar-refractivity contribution >= 4 is 32.6 Å². The number of nitrogens with zero attached hydrogens (tertiary/aromatic N) is 2. The van der Waals surface area contributed by atoms with Crippen molar-refractivity contribution in [2.24, 2.45) is 11.8 Å². The average molecular weight is 584 g/mol. The second-order valence-electron chi connectivity index (χ2n) is 10.5. The monoisotopic (exact) mass is 583 g/mol. The van der Waals surface area contributed by atoms with Crippen molar-refractivity contribution in [1.82, 2.24) is 15.0 Å². The van der Waals surface area contributed by atoms with Gasteiger partial charge < -0.3 is 9.47 Å². The standard InChI is InChI=1S/C29H33N3O8S/c1-20(33)39-18-23-17-22(23)9-5-4-8-21-11-12-24-25(16-21)30-19-32(27(24)34)14-13-29(2,41(3,36)37)28(35)31-40-26-10-6-7-15-38-26/h11-12,16,19,22-23,26H,6-7,10,13-15,17-18H2,1-3H3,(H,31,35)/t22-,23+,26?,29+/m0/s1. The van der Waals surface area contributed by atoms with E-state index in [1.54, 1.807) is 18.2 Å². The number of hydrogen-bond acceptors (Lipinski definition) is 9. The molecule has 4 atom stereocenters. The van der Waals surface area contributed by atoms with Crippen molar-refractivity contribution in [2.75, 3.05) is 19.5 Å². The van der Waals surface area contributed by atoms with E-state index in [1.807, 2.05) is 0 Å². The van der Waals surface area contributed by atoms with Gasteiger partial charge in [-0.15, -0.1) is 0 Å². The number of carbonyl (C=O) groups is 2. The number of hydroxylamine groups is 1. The Bertz CT molecular complexity index is 1610. The first kappa shape index (κ1) is 30.3. The molecule has 4 rings (SSSR count). The Morgan fingerprint density at radius 2 is 2.07 bits per heavy atom. The van der Waals surface area contributed by atoms with Gasteiger partial charge in [0.05, 0.1) is 23.8 Å². The minimum Gasteiger partial charge on any atom is -0.466 e. The third-order valence-electron chi connectivity index (χ3n) is 7.32. The van der Waals surface area contributed by atoms with Gasteiger partial charge >= 0.3 is 5.97 Å². The second-order valence-corrected chi connectivity index (χ2v) is 12.9. The van der Waals surface area contributed by atoms with Crippen LogP contribution in [0.15, 0.2) is 29.3 Å². The van der Waals surface area contributed by atoms with Gasteiger partial charge in [0, 0.05) is 50.2 Å². The molecule has 0 spiro atoms. The van der Waals surface area contributed by atoms with Crippen LogP contribution in [0.3, 0.4) is 0 Å². The first-order valence-corrected chi connectivity index (χ1v) is 15.3. The van der Waals surface area contributed by atoms with E-state index in [0.717, 1.165) is 25.5 Å². The maximum atomic E-state index is 13.1. The molecule has 2 heterocycles. The summed E-state index contributed by atoms with van der Waals surface area (Å²) in [6.45, 7) is 3.50. The number of amides is 1. The Balaban J connectivity index is 1.41. The predicted molar refractivity (Wildman–Crippen MR) is 150 cm³/mol. The molecule has 2 aromatic rings. The molecule has 41 heavy (non-hydrogen) atoms. The topological polar surface area (TPSA) is 143 Å². The Morgan fingerprint density at radius 1 is 1.27 bits per heavy atom. The molecule has 0 bridgehead atoms. The molecule has 1 N–H and O–H groups in total. The van der Waals surface area contributed by atoms with Gasteiger partial charge in [0.1, 0.15) is 0 Å². The lowest BCUT2D eigenvalue weighted by atomic mass is 10.1. The van der Waals surface area contributed by atoms with Gasteiger partial charge in [-0.25, -0.2) is 23.7 Å². The van der Waals surface area contributed by atoms with Gasteiger partial charge in [0.15, 0.2) is 20.9 Å². The summed E-state index contributed by atoms with van der Waals surface area (Å²) in [4.78, 5) is 46.6. The molecule has 1 aromatic carbocycles.